The lowest BCUT2D eigenvalue weighted by Crippen LogP contribution is -2.19. The third-order valence-corrected chi connectivity index (χ3v) is 4.68. The summed E-state index contributed by atoms with van der Waals surface area (Å²) in [6.07, 6.45) is 3.78. The van der Waals surface area contributed by atoms with E-state index in [2.05, 4.69) is 58.3 Å². The highest BCUT2D eigenvalue weighted by Gasteiger charge is 2.06. The van der Waals surface area contributed by atoms with E-state index in [9.17, 15) is 0 Å². The standard InChI is InChI=1S/C15H20BrN3S/c1-11(2)9-17-10-12-4-5-13(8-14(12)16)20-15-18-6-7-19(15)3/h4-8,11,17H,9-10H2,1-3H3. The zero-order valence-electron chi connectivity index (χ0n) is 12.1. The normalized spacial score (nSPS) is 11.2. The van der Waals surface area contributed by atoms with Crippen molar-refractivity contribution in [3.05, 3.63) is 40.6 Å². The first kappa shape index (κ1) is 15.6. The molecule has 3 nitrogen and oxygen atoms in total. The molecule has 1 aromatic heterocycles. The molecule has 20 heavy (non-hydrogen) atoms. The average molecular weight is 354 g/mol. The maximum absolute atomic E-state index is 4.33. The molecule has 0 aliphatic heterocycles. The molecule has 1 aromatic carbocycles. The van der Waals surface area contributed by atoms with Gasteiger partial charge in [0.05, 0.1) is 0 Å². The molecule has 5 heteroatoms. The fraction of sp³-hybridized carbons (Fsp3) is 0.400. The molecule has 0 aliphatic rings. The Labute approximate surface area is 133 Å². The van der Waals surface area contributed by atoms with Gasteiger partial charge in [0.2, 0.25) is 0 Å². The summed E-state index contributed by atoms with van der Waals surface area (Å²) in [6.45, 7) is 6.37. The van der Waals surface area contributed by atoms with E-state index in [0.717, 1.165) is 22.7 Å². The predicted molar refractivity (Wildman–Crippen MR) is 88.0 cm³/mol. The number of hydrogen-bond acceptors (Lipinski definition) is 3. The van der Waals surface area contributed by atoms with Crippen LogP contribution in [-0.4, -0.2) is 16.1 Å². The molecule has 1 heterocycles. The van der Waals surface area contributed by atoms with Crippen LogP contribution in [0.1, 0.15) is 19.4 Å². The van der Waals surface area contributed by atoms with Crippen LogP contribution in [0.4, 0.5) is 0 Å². The Balaban J connectivity index is 2.00. The Bertz CT molecular complexity index is 566. The van der Waals surface area contributed by atoms with Gasteiger partial charge in [-0.1, -0.05) is 47.6 Å². The lowest BCUT2D eigenvalue weighted by atomic mass is 10.2. The second-order valence-corrected chi connectivity index (χ2v) is 7.10. The van der Waals surface area contributed by atoms with Crippen LogP contribution >= 0.6 is 27.7 Å². The fourth-order valence-electron chi connectivity index (χ4n) is 1.79. The third-order valence-electron chi connectivity index (χ3n) is 2.88. The van der Waals surface area contributed by atoms with Crippen LogP contribution in [0.5, 0.6) is 0 Å². The summed E-state index contributed by atoms with van der Waals surface area (Å²) in [4.78, 5) is 5.52. The molecule has 0 bridgehead atoms. The number of nitrogens with one attached hydrogen (secondary N) is 1. The Morgan fingerprint density at radius 3 is 2.80 bits per heavy atom. The molecule has 108 valence electrons. The highest BCUT2D eigenvalue weighted by molar-refractivity contribution is 9.10. The zero-order valence-corrected chi connectivity index (χ0v) is 14.5. The third kappa shape index (κ3) is 4.36. The smallest absolute Gasteiger partial charge is 0.172 e. The summed E-state index contributed by atoms with van der Waals surface area (Å²) in [5.41, 5.74) is 1.29. The largest absolute Gasteiger partial charge is 0.329 e. The summed E-state index contributed by atoms with van der Waals surface area (Å²) >= 11 is 5.33. The summed E-state index contributed by atoms with van der Waals surface area (Å²) in [7, 11) is 2.01. The van der Waals surface area contributed by atoms with Crippen molar-refractivity contribution in [1.82, 2.24) is 14.9 Å². The lowest BCUT2D eigenvalue weighted by molar-refractivity contribution is 0.551. The van der Waals surface area contributed by atoms with E-state index in [4.69, 9.17) is 0 Å². The van der Waals surface area contributed by atoms with Gasteiger partial charge in [-0.25, -0.2) is 4.98 Å². The number of benzene rings is 1. The maximum Gasteiger partial charge on any atom is 0.172 e. The monoisotopic (exact) mass is 353 g/mol. The van der Waals surface area contributed by atoms with Crippen LogP contribution in [0.2, 0.25) is 0 Å². The van der Waals surface area contributed by atoms with E-state index in [1.807, 2.05) is 24.0 Å². The number of halogens is 1. The number of imidazole rings is 1. The maximum atomic E-state index is 4.33. The van der Waals surface area contributed by atoms with E-state index in [1.54, 1.807) is 11.8 Å². The van der Waals surface area contributed by atoms with Crippen molar-refractivity contribution < 1.29 is 0 Å². The minimum Gasteiger partial charge on any atom is -0.329 e. The van der Waals surface area contributed by atoms with Crippen LogP contribution in [0.3, 0.4) is 0 Å². The van der Waals surface area contributed by atoms with Gasteiger partial charge >= 0.3 is 0 Å². The van der Waals surface area contributed by atoms with Crippen molar-refractivity contribution in [3.63, 3.8) is 0 Å². The minimum atomic E-state index is 0.673. The molecule has 0 spiro atoms. The zero-order chi connectivity index (χ0) is 14.5. The van der Waals surface area contributed by atoms with Crippen LogP contribution < -0.4 is 5.32 Å². The molecule has 0 saturated carbocycles. The van der Waals surface area contributed by atoms with Crippen molar-refractivity contribution in [2.75, 3.05) is 6.54 Å². The van der Waals surface area contributed by atoms with Gasteiger partial charge in [0.1, 0.15) is 0 Å². The molecule has 0 aliphatic carbocycles. The Morgan fingerprint density at radius 1 is 1.40 bits per heavy atom. The second-order valence-electron chi connectivity index (χ2n) is 5.20. The molecular weight excluding hydrogens is 334 g/mol. The molecule has 0 atom stereocenters. The van der Waals surface area contributed by atoms with Crippen LogP contribution in [0, 0.1) is 5.92 Å². The number of nitrogens with zero attached hydrogens (tertiary/aromatic N) is 2. The molecule has 2 aromatic rings. The molecule has 0 fully saturated rings. The van der Waals surface area contributed by atoms with E-state index in [0.29, 0.717) is 5.92 Å². The highest BCUT2D eigenvalue weighted by atomic mass is 79.9. The first-order valence-corrected chi connectivity index (χ1v) is 8.31. The van der Waals surface area contributed by atoms with Gasteiger partial charge in [0.15, 0.2) is 5.16 Å². The topological polar surface area (TPSA) is 29.9 Å². The summed E-state index contributed by atoms with van der Waals surface area (Å²) < 4.78 is 3.17. The van der Waals surface area contributed by atoms with Crippen molar-refractivity contribution >= 4 is 27.7 Å². The van der Waals surface area contributed by atoms with E-state index in [-0.39, 0.29) is 0 Å². The molecule has 0 unspecified atom stereocenters. The summed E-state index contributed by atoms with van der Waals surface area (Å²) in [5, 5.41) is 4.47. The van der Waals surface area contributed by atoms with Gasteiger partial charge in [-0.2, -0.15) is 0 Å². The average Bonchev–Trinajstić information content (AvgIpc) is 2.77. The Kier molecular flexibility index (Phi) is 5.69. The molecule has 0 radical (unpaired) electrons. The number of aryl methyl sites for hydroxylation is 1. The number of rotatable bonds is 6. The number of hydrogen-bond donors (Lipinski definition) is 1. The quantitative estimate of drug-likeness (QED) is 0.848. The van der Waals surface area contributed by atoms with E-state index >= 15 is 0 Å². The van der Waals surface area contributed by atoms with Gasteiger partial charge < -0.3 is 9.88 Å². The molecule has 0 saturated heterocycles. The van der Waals surface area contributed by atoms with Crippen molar-refractivity contribution in [2.24, 2.45) is 13.0 Å². The van der Waals surface area contributed by atoms with Gasteiger partial charge in [-0.3, -0.25) is 0 Å². The molecule has 0 amide bonds. The number of aromatic nitrogens is 2. The van der Waals surface area contributed by atoms with Crippen molar-refractivity contribution in [1.29, 1.82) is 0 Å². The van der Waals surface area contributed by atoms with Gasteiger partial charge in [0, 0.05) is 35.4 Å². The van der Waals surface area contributed by atoms with Crippen molar-refractivity contribution in [2.45, 2.75) is 30.4 Å². The van der Waals surface area contributed by atoms with Crippen LogP contribution in [-0.2, 0) is 13.6 Å². The fourth-order valence-corrected chi connectivity index (χ4v) is 3.30. The first-order chi connectivity index (χ1) is 9.56. The first-order valence-electron chi connectivity index (χ1n) is 6.70. The molecule has 1 N–H and O–H groups in total. The van der Waals surface area contributed by atoms with E-state index < -0.39 is 0 Å². The lowest BCUT2D eigenvalue weighted by Gasteiger charge is -2.10. The minimum absolute atomic E-state index is 0.673. The highest BCUT2D eigenvalue weighted by Crippen LogP contribution is 2.29. The van der Waals surface area contributed by atoms with Crippen LogP contribution in [0.15, 0.2) is 45.1 Å². The van der Waals surface area contributed by atoms with E-state index in [1.165, 1.54) is 10.5 Å². The van der Waals surface area contributed by atoms with Gasteiger partial charge in [-0.15, -0.1) is 0 Å². The predicted octanol–water partition coefficient (Wildman–Crippen LogP) is 4.08. The SMILES string of the molecule is CC(C)CNCc1ccc(Sc2nccn2C)cc1Br. The Morgan fingerprint density at radius 2 is 2.20 bits per heavy atom. The van der Waals surface area contributed by atoms with Crippen molar-refractivity contribution in [3.8, 4) is 0 Å². The summed E-state index contributed by atoms with van der Waals surface area (Å²) in [6, 6.07) is 6.48. The van der Waals surface area contributed by atoms with Crippen LogP contribution in [0.25, 0.3) is 0 Å². The molecular formula is C15H20BrN3S. The Hall–Kier alpha value is -0.780. The summed E-state index contributed by atoms with van der Waals surface area (Å²) in [5.74, 6) is 0.673. The van der Waals surface area contributed by atoms with Gasteiger partial charge in [-0.05, 0) is 30.2 Å². The van der Waals surface area contributed by atoms with Gasteiger partial charge in [0.25, 0.3) is 0 Å². The second kappa shape index (κ2) is 7.29. The molecule has 2 rings (SSSR count).